The molecule has 9 nitrogen and oxygen atoms in total. The lowest BCUT2D eigenvalue weighted by Crippen LogP contribution is -2.31. The number of amides is 1. The normalized spacial score (nSPS) is 10.2. The molecule has 0 aliphatic carbocycles. The summed E-state index contributed by atoms with van der Waals surface area (Å²) in [5.41, 5.74) is 6.56. The topological polar surface area (TPSA) is 122 Å². The van der Waals surface area contributed by atoms with E-state index in [1.54, 1.807) is 0 Å². The Kier molecular flexibility index (Phi) is 6.66. The molecule has 148 valence electrons. The fourth-order valence-corrected chi connectivity index (χ4v) is 2.70. The van der Waals surface area contributed by atoms with Crippen LogP contribution >= 0.6 is 0 Å². The highest BCUT2D eigenvalue weighted by Crippen LogP contribution is 2.28. The highest BCUT2D eigenvalue weighted by atomic mass is 16.6. The van der Waals surface area contributed by atoms with Crippen molar-refractivity contribution in [2.75, 3.05) is 17.3 Å². The van der Waals surface area contributed by atoms with Crippen LogP contribution in [0.4, 0.5) is 17.3 Å². The first-order valence-corrected chi connectivity index (χ1v) is 8.99. The summed E-state index contributed by atoms with van der Waals surface area (Å²) < 4.78 is 0. The van der Waals surface area contributed by atoms with Gasteiger partial charge in [-0.3, -0.25) is 25.8 Å². The molecule has 3 N–H and O–H groups in total. The van der Waals surface area contributed by atoms with Gasteiger partial charge in [0.1, 0.15) is 6.33 Å². The zero-order valence-electron chi connectivity index (χ0n) is 15.5. The molecule has 0 unspecified atom stereocenters. The Hall–Kier alpha value is -4.01. The van der Waals surface area contributed by atoms with E-state index in [1.807, 2.05) is 60.7 Å². The molecule has 0 saturated carbocycles. The lowest BCUT2D eigenvalue weighted by Gasteiger charge is -2.11. The summed E-state index contributed by atoms with van der Waals surface area (Å²) in [5.74, 6) is -0.350. The van der Waals surface area contributed by atoms with Crippen LogP contribution in [0.2, 0.25) is 0 Å². The first kappa shape index (κ1) is 19.7. The third-order valence-electron chi connectivity index (χ3n) is 4.08. The molecule has 0 atom stereocenters. The third-order valence-corrected chi connectivity index (χ3v) is 4.08. The van der Waals surface area contributed by atoms with Crippen LogP contribution in [0.25, 0.3) is 0 Å². The van der Waals surface area contributed by atoms with Crippen LogP contribution in [0.5, 0.6) is 0 Å². The Balaban J connectivity index is 1.63. The SMILES string of the molecule is O=C(Cc1ccccc1)NNc1ncnc(NCCc2ccccc2)c1[N+](=O)[O-]. The van der Waals surface area contributed by atoms with Gasteiger partial charge in [0, 0.05) is 6.54 Å². The van der Waals surface area contributed by atoms with Crippen LogP contribution in [0.15, 0.2) is 67.0 Å². The molecule has 3 rings (SSSR count). The molecule has 29 heavy (non-hydrogen) atoms. The van der Waals surface area contributed by atoms with E-state index < -0.39 is 4.92 Å². The number of benzene rings is 2. The largest absolute Gasteiger partial charge is 0.364 e. The molecule has 0 aliphatic heterocycles. The van der Waals surface area contributed by atoms with E-state index >= 15 is 0 Å². The summed E-state index contributed by atoms with van der Waals surface area (Å²) in [7, 11) is 0. The monoisotopic (exact) mass is 392 g/mol. The van der Waals surface area contributed by atoms with Crippen LogP contribution in [-0.2, 0) is 17.6 Å². The Bertz CT molecular complexity index is 966. The number of hydrogen-bond acceptors (Lipinski definition) is 7. The van der Waals surface area contributed by atoms with Gasteiger partial charge in [-0.05, 0) is 17.5 Å². The minimum atomic E-state index is -0.587. The second-order valence-corrected chi connectivity index (χ2v) is 6.17. The van der Waals surface area contributed by atoms with Gasteiger partial charge in [-0.1, -0.05) is 60.7 Å². The average Bonchev–Trinajstić information content (AvgIpc) is 2.73. The van der Waals surface area contributed by atoms with E-state index in [0.717, 1.165) is 11.1 Å². The molecular weight excluding hydrogens is 372 g/mol. The number of aromatic nitrogens is 2. The first-order valence-electron chi connectivity index (χ1n) is 8.99. The Morgan fingerprint density at radius 2 is 1.55 bits per heavy atom. The summed E-state index contributed by atoms with van der Waals surface area (Å²) in [6.45, 7) is 0.460. The van der Waals surface area contributed by atoms with E-state index in [-0.39, 0.29) is 29.7 Å². The fraction of sp³-hybridized carbons (Fsp3) is 0.150. The number of rotatable bonds is 9. The first-order chi connectivity index (χ1) is 14.1. The Morgan fingerprint density at radius 3 is 2.21 bits per heavy atom. The number of nitro groups is 1. The van der Waals surface area contributed by atoms with Crippen molar-refractivity contribution in [3.05, 3.63) is 88.2 Å². The van der Waals surface area contributed by atoms with Gasteiger partial charge < -0.3 is 5.32 Å². The smallest absolute Gasteiger partial charge is 0.354 e. The highest BCUT2D eigenvalue weighted by molar-refractivity contribution is 5.80. The number of hydrogen-bond donors (Lipinski definition) is 3. The van der Waals surface area contributed by atoms with Crippen molar-refractivity contribution in [1.82, 2.24) is 15.4 Å². The van der Waals surface area contributed by atoms with Gasteiger partial charge in [-0.15, -0.1) is 0 Å². The van der Waals surface area contributed by atoms with Crippen LogP contribution < -0.4 is 16.2 Å². The van der Waals surface area contributed by atoms with Gasteiger partial charge >= 0.3 is 5.69 Å². The molecule has 0 spiro atoms. The van der Waals surface area contributed by atoms with Crippen LogP contribution in [0.1, 0.15) is 11.1 Å². The molecule has 1 aromatic heterocycles. The van der Waals surface area contributed by atoms with Gasteiger partial charge in [0.25, 0.3) is 0 Å². The zero-order chi connectivity index (χ0) is 20.5. The molecule has 1 heterocycles. The molecule has 0 radical (unpaired) electrons. The number of anilines is 2. The maximum absolute atomic E-state index is 12.1. The summed E-state index contributed by atoms with van der Waals surface area (Å²) in [6.07, 6.45) is 2.01. The standard InChI is InChI=1S/C20H20N6O3/c27-17(13-16-9-5-2-6-10-16)24-25-20-18(26(28)29)19(22-14-23-20)21-12-11-15-7-3-1-4-8-15/h1-10,14H,11-13H2,(H,24,27)(H2,21,22,23,25). The Morgan fingerprint density at radius 1 is 0.931 bits per heavy atom. The Labute approximate surface area is 167 Å². The molecule has 9 heteroatoms. The maximum atomic E-state index is 12.1. The van der Waals surface area contributed by atoms with E-state index in [4.69, 9.17) is 0 Å². The highest BCUT2D eigenvalue weighted by Gasteiger charge is 2.23. The maximum Gasteiger partial charge on any atom is 0.354 e. The van der Waals surface area contributed by atoms with Crippen LogP contribution in [0, 0.1) is 10.1 Å². The molecule has 0 bridgehead atoms. The minimum Gasteiger partial charge on any atom is -0.364 e. The van der Waals surface area contributed by atoms with Crippen molar-refractivity contribution in [3.63, 3.8) is 0 Å². The van der Waals surface area contributed by atoms with Gasteiger partial charge in [-0.2, -0.15) is 0 Å². The minimum absolute atomic E-state index is 0.0840. The summed E-state index contributed by atoms with van der Waals surface area (Å²) in [6, 6.07) is 18.9. The van der Waals surface area contributed by atoms with Gasteiger partial charge in [0.2, 0.25) is 17.5 Å². The van der Waals surface area contributed by atoms with E-state index in [0.29, 0.717) is 13.0 Å². The quantitative estimate of drug-likeness (QED) is 0.378. The van der Waals surface area contributed by atoms with Gasteiger partial charge in [0.05, 0.1) is 11.3 Å². The molecule has 2 aromatic carbocycles. The number of carbonyl (C=O) groups excluding carboxylic acids is 1. The predicted octanol–water partition coefficient (Wildman–Crippen LogP) is 2.73. The number of nitrogens with zero attached hydrogens (tertiary/aromatic N) is 3. The van der Waals surface area contributed by atoms with Crippen molar-refractivity contribution in [1.29, 1.82) is 0 Å². The van der Waals surface area contributed by atoms with Crippen molar-refractivity contribution < 1.29 is 9.72 Å². The summed E-state index contributed by atoms with van der Waals surface area (Å²) in [4.78, 5) is 30.9. The third kappa shape index (κ3) is 5.73. The van der Waals surface area contributed by atoms with Crippen molar-refractivity contribution in [2.24, 2.45) is 0 Å². The van der Waals surface area contributed by atoms with Crippen LogP contribution in [0.3, 0.4) is 0 Å². The molecular formula is C20H20N6O3. The molecule has 0 aliphatic rings. The predicted molar refractivity (Wildman–Crippen MR) is 109 cm³/mol. The van der Waals surface area contributed by atoms with Crippen LogP contribution in [-0.4, -0.2) is 27.3 Å². The van der Waals surface area contributed by atoms with Crippen molar-refractivity contribution >= 4 is 23.2 Å². The molecule has 0 saturated heterocycles. The van der Waals surface area contributed by atoms with E-state index in [2.05, 4.69) is 26.1 Å². The second kappa shape index (κ2) is 9.79. The number of hydrazine groups is 1. The second-order valence-electron chi connectivity index (χ2n) is 6.17. The summed E-state index contributed by atoms with van der Waals surface area (Å²) in [5, 5.41) is 14.5. The zero-order valence-corrected chi connectivity index (χ0v) is 15.5. The number of nitrogens with one attached hydrogen (secondary N) is 3. The number of carbonyl (C=O) groups is 1. The summed E-state index contributed by atoms with van der Waals surface area (Å²) >= 11 is 0. The molecule has 0 fully saturated rings. The van der Waals surface area contributed by atoms with Gasteiger partial charge in [-0.25, -0.2) is 9.97 Å². The molecule has 3 aromatic rings. The van der Waals surface area contributed by atoms with Gasteiger partial charge in [0.15, 0.2) is 0 Å². The fourth-order valence-electron chi connectivity index (χ4n) is 2.70. The van der Waals surface area contributed by atoms with Crippen molar-refractivity contribution in [3.8, 4) is 0 Å². The van der Waals surface area contributed by atoms with Crippen molar-refractivity contribution in [2.45, 2.75) is 12.8 Å². The van der Waals surface area contributed by atoms with E-state index in [9.17, 15) is 14.9 Å². The average molecular weight is 392 g/mol. The lowest BCUT2D eigenvalue weighted by molar-refractivity contribution is -0.383. The lowest BCUT2D eigenvalue weighted by atomic mass is 10.1. The van der Waals surface area contributed by atoms with E-state index in [1.165, 1.54) is 6.33 Å². The molecule has 1 amide bonds.